The summed E-state index contributed by atoms with van der Waals surface area (Å²) in [6, 6.07) is 9.59. The number of benzene rings is 2. The maximum absolute atomic E-state index is 13.2. The molecule has 0 spiro atoms. The van der Waals surface area contributed by atoms with Crippen LogP contribution in [0.2, 0.25) is 10.0 Å². The van der Waals surface area contributed by atoms with Gasteiger partial charge in [0.2, 0.25) is 15.9 Å². The normalized spacial score (nSPS) is 17.7. The topological polar surface area (TPSA) is 83.6 Å². The Morgan fingerprint density at radius 2 is 1.72 bits per heavy atom. The monoisotopic (exact) mass is 454 g/mol. The van der Waals surface area contributed by atoms with Gasteiger partial charge in [-0.3, -0.25) is 9.59 Å². The number of nitrogens with zero attached hydrogens (tertiary/aromatic N) is 1. The highest BCUT2D eigenvalue weighted by Crippen LogP contribution is 2.28. The molecule has 1 saturated heterocycles. The van der Waals surface area contributed by atoms with E-state index in [0.29, 0.717) is 34.1 Å². The maximum Gasteiger partial charge on any atom is 0.243 e. The van der Waals surface area contributed by atoms with Gasteiger partial charge in [-0.2, -0.15) is 4.31 Å². The van der Waals surface area contributed by atoms with E-state index in [-0.39, 0.29) is 17.2 Å². The van der Waals surface area contributed by atoms with E-state index in [4.69, 9.17) is 23.2 Å². The minimum atomic E-state index is -3.89. The second kappa shape index (κ2) is 8.83. The van der Waals surface area contributed by atoms with E-state index in [1.807, 2.05) is 0 Å². The van der Waals surface area contributed by atoms with Crippen LogP contribution < -0.4 is 5.32 Å². The summed E-state index contributed by atoms with van der Waals surface area (Å²) in [5.74, 6) is -0.571. The predicted octanol–water partition coefficient (Wildman–Crippen LogP) is 4.38. The van der Waals surface area contributed by atoms with Gasteiger partial charge in [-0.15, -0.1) is 0 Å². The van der Waals surface area contributed by atoms with E-state index in [2.05, 4.69) is 5.32 Å². The van der Waals surface area contributed by atoms with Gasteiger partial charge in [0.1, 0.15) is 6.04 Å². The third-order valence-electron chi connectivity index (χ3n) is 4.81. The summed E-state index contributed by atoms with van der Waals surface area (Å²) in [6.45, 7) is 1.66. The second-order valence-electron chi connectivity index (χ2n) is 6.83. The molecule has 3 rings (SSSR count). The molecule has 1 atom stereocenters. The molecule has 0 saturated carbocycles. The van der Waals surface area contributed by atoms with Gasteiger partial charge < -0.3 is 5.32 Å². The average Bonchev–Trinajstić information content (AvgIpc) is 2.70. The van der Waals surface area contributed by atoms with Gasteiger partial charge in [-0.1, -0.05) is 41.8 Å². The van der Waals surface area contributed by atoms with Crippen LogP contribution in [0.25, 0.3) is 0 Å². The van der Waals surface area contributed by atoms with Crippen LogP contribution in [0.3, 0.4) is 0 Å². The van der Waals surface area contributed by atoms with Gasteiger partial charge in [-0.25, -0.2) is 8.42 Å². The van der Waals surface area contributed by atoms with Crippen LogP contribution in [-0.4, -0.2) is 37.0 Å². The fourth-order valence-corrected chi connectivity index (χ4v) is 5.21. The first-order chi connectivity index (χ1) is 13.7. The number of piperidine rings is 1. The summed E-state index contributed by atoms with van der Waals surface area (Å²) in [4.78, 5) is 24.3. The number of sulfonamides is 1. The number of Topliss-reactive ketones (excluding diaryl/α,β-unsaturated/α-hetero) is 1. The van der Waals surface area contributed by atoms with Gasteiger partial charge >= 0.3 is 0 Å². The molecule has 154 valence electrons. The van der Waals surface area contributed by atoms with Crippen LogP contribution in [0, 0.1) is 0 Å². The van der Waals surface area contributed by atoms with Crippen molar-refractivity contribution in [3.05, 3.63) is 58.1 Å². The predicted molar refractivity (Wildman–Crippen MR) is 113 cm³/mol. The molecule has 1 aliphatic rings. The Balaban J connectivity index is 1.85. The van der Waals surface area contributed by atoms with Crippen LogP contribution in [0.15, 0.2) is 47.4 Å². The fourth-order valence-electron chi connectivity index (χ4n) is 3.25. The van der Waals surface area contributed by atoms with E-state index in [1.54, 1.807) is 12.1 Å². The summed E-state index contributed by atoms with van der Waals surface area (Å²) < 4.78 is 27.5. The van der Waals surface area contributed by atoms with Gasteiger partial charge in [0.05, 0.1) is 14.9 Å². The third kappa shape index (κ3) is 4.80. The number of rotatable bonds is 5. The second-order valence-corrected chi connectivity index (χ2v) is 9.53. The quantitative estimate of drug-likeness (QED) is 0.679. The molecule has 0 radical (unpaired) electrons. The van der Waals surface area contributed by atoms with Crippen LogP contribution in [0.1, 0.15) is 36.5 Å². The molecule has 1 amide bonds. The SMILES string of the molecule is CC(=O)c1ccc(S(=O)(=O)N2CCCCC2C(=O)Nc2ccc(Cl)c(Cl)c2)cc1. The highest BCUT2D eigenvalue weighted by atomic mass is 35.5. The van der Waals surface area contributed by atoms with Crippen molar-refractivity contribution in [1.29, 1.82) is 0 Å². The van der Waals surface area contributed by atoms with Crippen LogP contribution in [0.4, 0.5) is 5.69 Å². The van der Waals surface area contributed by atoms with Crippen LogP contribution in [0.5, 0.6) is 0 Å². The first-order valence-corrected chi connectivity index (χ1v) is 11.3. The molecule has 1 fully saturated rings. The third-order valence-corrected chi connectivity index (χ3v) is 7.47. The lowest BCUT2D eigenvalue weighted by atomic mass is 10.0. The standard InChI is InChI=1S/C20H20Cl2N2O4S/c1-13(25)14-5-8-16(9-6-14)29(27,28)24-11-3-2-4-19(24)20(26)23-15-7-10-17(21)18(22)12-15/h5-10,12,19H,2-4,11H2,1H3,(H,23,26). The van der Waals surface area contributed by atoms with E-state index < -0.39 is 22.0 Å². The Bertz CT molecular complexity index is 1040. The molecule has 0 bridgehead atoms. The number of carbonyl (C=O) groups excluding carboxylic acids is 2. The Kier molecular flexibility index (Phi) is 6.63. The van der Waals surface area contributed by atoms with Crippen molar-refractivity contribution in [2.24, 2.45) is 0 Å². The lowest BCUT2D eigenvalue weighted by Gasteiger charge is -2.33. The number of halogens is 2. The largest absolute Gasteiger partial charge is 0.325 e. The van der Waals surface area contributed by atoms with Crippen molar-refractivity contribution < 1.29 is 18.0 Å². The fraction of sp³-hybridized carbons (Fsp3) is 0.300. The molecule has 1 heterocycles. The summed E-state index contributed by atoms with van der Waals surface area (Å²) >= 11 is 11.9. The molecular weight excluding hydrogens is 435 g/mol. The Labute approximate surface area is 179 Å². The minimum Gasteiger partial charge on any atom is -0.325 e. The number of carbonyl (C=O) groups is 2. The van der Waals surface area contributed by atoms with E-state index in [9.17, 15) is 18.0 Å². The van der Waals surface area contributed by atoms with Crippen molar-refractivity contribution >= 4 is 50.6 Å². The zero-order chi connectivity index (χ0) is 21.2. The lowest BCUT2D eigenvalue weighted by molar-refractivity contribution is -0.120. The van der Waals surface area contributed by atoms with E-state index in [0.717, 1.165) is 6.42 Å². The van der Waals surface area contributed by atoms with Gasteiger partial charge in [0.25, 0.3) is 0 Å². The van der Waals surface area contributed by atoms with Crippen LogP contribution in [-0.2, 0) is 14.8 Å². The lowest BCUT2D eigenvalue weighted by Crippen LogP contribution is -2.49. The number of hydrogen-bond donors (Lipinski definition) is 1. The van der Waals surface area contributed by atoms with Crippen molar-refractivity contribution in [3.8, 4) is 0 Å². The summed E-state index contributed by atoms with van der Waals surface area (Å²) in [7, 11) is -3.89. The van der Waals surface area contributed by atoms with Gasteiger partial charge in [-0.05, 0) is 50.1 Å². The van der Waals surface area contributed by atoms with Crippen molar-refractivity contribution in [2.75, 3.05) is 11.9 Å². The number of anilines is 1. The van der Waals surface area contributed by atoms with Crippen LogP contribution >= 0.6 is 23.2 Å². The van der Waals surface area contributed by atoms with E-state index >= 15 is 0 Å². The zero-order valence-electron chi connectivity index (χ0n) is 15.7. The Morgan fingerprint density at radius 3 is 2.34 bits per heavy atom. The molecule has 1 N–H and O–H groups in total. The molecule has 1 aliphatic heterocycles. The van der Waals surface area contributed by atoms with Gasteiger partial charge in [0, 0.05) is 17.8 Å². The first-order valence-electron chi connectivity index (χ1n) is 9.09. The maximum atomic E-state index is 13.2. The first kappa shape index (κ1) is 21.8. The molecule has 0 aromatic heterocycles. The molecule has 6 nitrogen and oxygen atoms in total. The highest BCUT2D eigenvalue weighted by molar-refractivity contribution is 7.89. The van der Waals surface area contributed by atoms with Gasteiger partial charge in [0.15, 0.2) is 5.78 Å². The van der Waals surface area contributed by atoms with Crippen molar-refractivity contribution in [2.45, 2.75) is 37.1 Å². The molecule has 9 heteroatoms. The van der Waals surface area contributed by atoms with Crippen molar-refractivity contribution in [1.82, 2.24) is 4.31 Å². The van der Waals surface area contributed by atoms with Crippen molar-refractivity contribution in [3.63, 3.8) is 0 Å². The molecule has 0 aliphatic carbocycles. The molecule has 2 aromatic rings. The summed E-state index contributed by atoms with van der Waals surface area (Å²) in [5.41, 5.74) is 0.870. The number of hydrogen-bond acceptors (Lipinski definition) is 4. The number of amides is 1. The summed E-state index contributed by atoms with van der Waals surface area (Å²) in [6.07, 6.45) is 1.83. The molecular formula is C20H20Cl2N2O4S. The van der Waals surface area contributed by atoms with E-state index in [1.165, 1.54) is 41.6 Å². The molecule has 2 aromatic carbocycles. The Hall–Kier alpha value is -1.93. The average molecular weight is 455 g/mol. The molecule has 29 heavy (non-hydrogen) atoms. The minimum absolute atomic E-state index is 0.0525. The zero-order valence-corrected chi connectivity index (χ0v) is 18.0. The highest BCUT2D eigenvalue weighted by Gasteiger charge is 2.37. The molecule has 1 unspecified atom stereocenters. The smallest absolute Gasteiger partial charge is 0.243 e. The Morgan fingerprint density at radius 1 is 1.03 bits per heavy atom. The number of nitrogens with one attached hydrogen (secondary N) is 1. The number of ketones is 1. The summed E-state index contributed by atoms with van der Waals surface area (Å²) in [5, 5.41) is 3.38.